The molecule has 0 aromatic heterocycles. The third kappa shape index (κ3) is 5.26. The lowest BCUT2D eigenvalue weighted by Gasteiger charge is -2.48. The maximum absolute atomic E-state index is 11.1. The first kappa shape index (κ1) is 25.7. The molecule has 0 aromatic carbocycles. The Hall–Kier alpha value is -0.900. The molecule has 2 aliphatic heterocycles. The van der Waals surface area contributed by atoms with E-state index in [0.29, 0.717) is 18.6 Å². The van der Waals surface area contributed by atoms with Gasteiger partial charge in [0.1, 0.15) is 35.8 Å². The summed E-state index contributed by atoms with van der Waals surface area (Å²) in [5.41, 5.74) is 23.2. The van der Waals surface area contributed by atoms with Crippen LogP contribution in [0.4, 0.5) is 0 Å². The molecule has 1 saturated heterocycles. The molecule has 32 heavy (non-hydrogen) atoms. The van der Waals surface area contributed by atoms with Gasteiger partial charge in [-0.25, -0.2) is 0 Å². The fourth-order valence-electron chi connectivity index (χ4n) is 4.57. The quantitative estimate of drug-likeness (QED) is 0.194. The maximum Gasteiger partial charge on any atom is 0.215 e. The van der Waals surface area contributed by atoms with Gasteiger partial charge in [0, 0.05) is 12.1 Å². The van der Waals surface area contributed by atoms with Crippen molar-refractivity contribution < 1.29 is 34.3 Å². The molecule has 12 nitrogen and oxygen atoms in total. The van der Waals surface area contributed by atoms with E-state index in [4.69, 9.17) is 41.9 Å². The van der Waals surface area contributed by atoms with Gasteiger partial charge < -0.3 is 62.5 Å². The number of likely N-dealkylation sites (N-methyl/N-ethyl adjacent to an activating group) is 1. The van der Waals surface area contributed by atoms with Crippen molar-refractivity contribution in [2.24, 2.45) is 22.9 Å². The highest BCUT2D eigenvalue weighted by atomic mass is 16.7. The minimum Gasteiger partial charge on any atom is -0.466 e. The summed E-state index contributed by atoms with van der Waals surface area (Å²) in [4.78, 5) is 0. The number of hydrogen-bond acceptors (Lipinski definition) is 12. The van der Waals surface area contributed by atoms with E-state index in [0.717, 1.165) is 0 Å². The lowest BCUT2D eigenvalue weighted by atomic mass is 9.84. The van der Waals surface area contributed by atoms with Crippen molar-refractivity contribution in [2.45, 2.75) is 99.5 Å². The smallest absolute Gasteiger partial charge is 0.215 e. The van der Waals surface area contributed by atoms with Crippen molar-refractivity contribution in [1.29, 1.82) is 0 Å². The zero-order chi connectivity index (χ0) is 23.8. The summed E-state index contributed by atoms with van der Waals surface area (Å²) in [6.45, 7) is 3.26. The average Bonchev–Trinajstić information content (AvgIpc) is 2.71. The fourth-order valence-corrected chi connectivity index (χ4v) is 4.57. The Kier molecular flexibility index (Phi) is 8.16. The molecule has 12 atom stereocenters. The average molecular weight is 462 g/mol. The first-order valence-electron chi connectivity index (χ1n) is 11.0. The number of hydrogen-bond donors (Lipinski definition) is 8. The predicted octanol–water partition coefficient (Wildman–Crippen LogP) is -3.46. The lowest BCUT2D eigenvalue weighted by molar-refractivity contribution is -0.303. The second-order valence-electron chi connectivity index (χ2n) is 9.33. The molecule has 0 aromatic rings. The summed E-state index contributed by atoms with van der Waals surface area (Å²) in [6, 6.07) is -2.72. The van der Waals surface area contributed by atoms with Gasteiger partial charge in [-0.1, -0.05) is 0 Å². The molecule has 0 radical (unpaired) electrons. The summed E-state index contributed by atoms with van der Waals surface area (Å²) in [5.74, 6) is 0.559. The SMILES string of the molecule is CN[C@@H]1[C@@H](O)[C@@H](O[C@@H]2[C@@H](O)[C@H](O[C@H]3OC([C@H](C)N)=CC[C@H]3N)[C@@H](N)C[C@H]2N)OC[C@]1(C)O. The Bertz CT molecular complexity index is 666. The predicted molar refractivity (Wildman–Crippen MR) is 115 cm³/mol. The molecule has 3 aliphatic rings. The number of aliphatic hydroxyl groups is 3. The highest BCUT2D eigenvalue weighted by molar-refractivity contribution is 5.07. The van der Waals surface area contributed by atoms with Crippen LogP contribution in [0.25, 0.3) is 0 Å². The van der Waals surface area contributed by atoms with E-state index in [2.05, 4.69) is 5.32 Å². The zero-order valence-electron chi connectivity index (χ0n) is 18.8. The van der Waals surface area contributed by atoms with Gasteiger partial charge in [-0.2, -0.15) is 0 Å². The molecule has 1 saturated carbocycles. The van der Waals surface area contributed by atoms with Gasteiger partial charge in [-0.05, 0) is 39.8 Å². The van der Waals surface area contributed by atoms with E-state index in [1.54, 1.807) is 20.9 Å². The highest BCUT2D eigenvalue weighted by Gasteiger charge is 2.50. The number of rotatable bonds is 6. The van der Waals surface area contributed by atoms with E-state index in [-0.39, 0.29) is 12.6 Å². The Morgan fingerprint density at radius 2 is 1.69 bits per heavy atom. The summed E-state index contributed by atoms with van der Waals surface area (Å²) >= 11 is 0. The van der Waals surface area contributed by atoms with Gasteiger partial charge >= 0.3 is 0 Å². The molecular weight excluding hydrogens is 422 g/mol. The number of aliphatic hydroxyl groups excluding tert-OH is 2. The molecule has 12 heteroatoms. The van der Waals surface area contributed by atoms with Gasteiger partial charge in [0.25, 0.3) is 0 Å². The molecule has 3 rings (SSSR count). The Morgan fingerprint density at radius 3 is 2.25 bits per heavy atom. The first-order chi connectivity index (χ1) is 15.0. The molecule has 12 N–H and O–H groups in total. The minimum atomic E-state index is -1.30. The van der Waals surface area contributed by atoms with Gasteiger partial charge in [-0.3, -0.25) is 0 Å². The van der Waals surface area contributed by atoms with Crippen LogP contribution in [-0.2, 0) is 18.9 Å². The monoisotopic (exact) mass is 461 g/mol. The molecule has 1 aliphatic carbocycles. The number of nitrogens with two attached hydrogens (primary N) is 4. The molecule has 2 fully saturated rings. The van der Waals surface area contributed by atoms with Crippen molar-refractivity contribution in [3.63, 3.8) is 0 Å². The van der Waals surface area contributed by atoms with E-state index in [1.807, 2.05) is 6.08 Å². The Morgan fingerprint density at radius 1 is 1.09 bits per heavy atom. The topological polar surface area (TPSA) is 214 Å². The van der Waals surface area contributed by atoms with Crippen LogP contribution >= 0.6 is 0 Å². The third-order valence-electron chi connectivity index (χ3n) is 6.43. The molecule has 0 amide bonds. The second kappa shape index (κ2) is 10.2. The molecule has 0 spiro atoms. The van der Waals surface area contributed by atoms with Crippen LogP contribution in [0.2, 0.25) is 0 Å². The van der Waals surface area contributed by atoms with E-state index in [9.17, 15) is 15.3 Å². The largest absolute Gasteiger partial charge is 0.466 e. The van der Waals surface area contributed by atoms with Crippen molar-refractivity contribution in [2.75, 3.05) is 13.7 Å². The fraction of sp³-hybridized carbons (Fsp3) is 0.900. The van der Waals surface area contributed by atoms with Crippen molar-refractivity contribution in [3.8, 4) is 0 Å². The van der Waals surface area contributed by atoms with E-state index in [1.165, 1.54) is 0 Å². The molecule has 0 bridgehead atoms. The maximum atomic E-state index is 11.1. The number of ether oxygens (including phenoxy) is 4. The summed E-state index contributed by atoms with van der Waals surface area (Å²) in [5, 5.41) is 35.0. The van der Waals surface area contributed by atoms with Gasteiger partial charge in [0.2, 0.25) is 6.29 Å². The van der Waals surface area contributed by atoms with Crippen molar-refractivity contribution in [3.05, 3.63) is 11.8 Å². The summed E-state index contributed by atoms with van der Waals surface area (Å²) in [7, 11) is 1.62. The molecular formula is C20H39N5O7. The first-order valence-corrected chi connectivity index (χ1v) is 11.0. The highest BCUT2D eigenvalue weighted by Crippen LogP contribution is 2.31. The van der Waals surface area contributed by atoms with E-state index < -0.39 is 66.8 Å². The standard InChI is InChI=1S/C20H39N5O7/c1-8(21)12-5-4-9(22)18(30-12)31-15-10(23)6-11(24)16(13(15)26)32-19-14(27)17(25-3)20(2,28)7-29-19/h5,8-11,13-19,25-28H,4,6-7,21-24H2,1-3H3/t8-,9+,10-,11+,13-,14+,15+,16-,17+,18+,19+,20-/m0/s1. The zero-order valence-corrected chi connectivity index (χ0v) is 18.8. The molecule has 2 heterocycles. The van der Waals surface area contributed by atoms with Crippen LogP contribution in [0.5, 0.6) is 0 Å². The van der Waals surface area contributed by atoms with Crippen LogP contribution in [0.3, 0.4) is 0 Å². The van der Waals surface area contributed by atoms with Crippen LogP contribution in [0.15, 0.2) is 11.8 Å². The summed E-state index contributed by atoms with van der Waals surface area (Å²) < 4.78 is 23.2. The van der Waals surface area contributed by atoms with Crippen LogP contribution < -0.4 is 28.3 Å². The lowest BCUT2D eigenvalue weighted by Crippen LogP contribution is -2.68. The van der Waals surface area contributed by atoms with Crippen molar-refractivity contribution in [1.82, 2.24) is 5.32 Å². The Labute approximate surface area is 188 Å². The third-order valence-corrected chi connectivity index (χ3v) is 6.43. The Balaban J connectivity index is 1.70. The second-order valence-corrected chi connectivity index (χ2v) is 9.33. The molecule has 186 valence electrons. The minimum absolute atomic E-state index is 0.0745. The normalized spacial score (nSPS) is 48.6. The number of nitrogens with one attached hydrogen (secondary N) is 1. The van der Waals surface area contributed by atoms with Gasteiger partial charge in [-0.15, -0.1) is 0 Å². The van der Waals surface area contributed by atoms with E-state index >= 15 is 0 Å². The van der Waals surface area contributed by atoms with Gasteiger partial charge in [0.15, 0.2) is 6.29 Å². The van der Waals surface area contributed by atoms with Crippen LogP contribution in [0.1, 0.15) is 26.7 Å². The van der Waals surface area contributed by atoms with Crippen LogP contribution in [0, 0.1) is 0 Å². The molecule has 0 unspecified atom stereocenters. The van der Waals surface area contributed by atoms with Crippen LogP contribution in [-0.4, -0.2) is 102 Å². The van der Waals surface area contributed by atoms with Gasteiger partial charge in [0.05, 0.1) is 24.7 Å². The van der Waals surface area contributed by atoms with Crippen molar-refractivity contribution >= 4 is 0 Å². The summed E-state index contributed by atoms with van der Waals surface area (Å²) in [6.07, 6.45) is -3.60.